The Kier molecular flexibility index (Phi) is 6.61. The summed E-state index contributed by atoms with van der Waals surface area (Å²) in [5.41, 5.74) is -1.16. The first-order valence-corrected chi connectivity index (χ1v) is 6.27. The fraction of sp³-hybridized carbons (Fsp3) is 0.833. The fourth-order valence-corrected chi connectivity index (χ4v) is 1.71. The summed E-state index contributed by atoms with van der Waals surface area (Å²) in [5.74, 6) is -0.984. The smallest absolute Gasteiger partial charge is 0.329 e. The Morgan fingerprint density at radius 1 is 1.12 bits per heavy atom. The first kappa shape index (κ1) is 15.7. The van der Waals surface area contributed by atoms with Crippen molar-refractivity contribution in [3.8, 4) is 0 Å². The van der Waals surface area contributed by atoms with E-state index in [9.17, 15) is 14.7 Å². The van der Waals surface area contributed by atoms with Crippen molar-refractivity contribution in [2.45, 2.75) is 65.0 Å². The number of aliphatic carboxylic acids is 1. The van der Waals surface area contributed by atoms with Gasteiger partial charge in [0.05, 0.1) is 0 Å². The minimum atomic E-state index is -1.16. The molecule has 0 spiro atoms. The number of rotatable bonds is 7. The number of carboxylic acids is 1. The quantitative estimate of drug-likeness (QED) is 0.642. The van der Waals surface area contributed by atoms with E-state index in [0.29, 0.717) is 12.8 Å². The van der Waals surface area contributed by atoms with E-state index in [2.05, 4.69) is 10.6 Å². The molecule has 3 N–H and O–H groups in total. The highest BCUT2D eigenvalue weighted by Crippen LogP contribution is 2.15. The molecule has 0 fully saturated rings. The third kappa shape index (κ3) is 4.24. The second-order valence-corrected chi connectivity index (χ2v) is 4.21. The Morgan fingerprint density at radius 3 is 1.88 bits per heavy atom. The minimum absolute atomic E-state index is 0.0928. The highest BCUT2D eigenvalue weighted by atomic mass is 16.4. The summed E-state index contributed by atoms with van der Waals surface area (Å²) in [5, 5.41) is 14.5. The van der Waals surface area contributed by atoms with Crippen molar-refractivity contribution in [1.29, 1.82) is 0 Å². The molecule has 0 aliphatic heterocycles. The number of carbonyl (C=O) groups excluding carboxylic acids is 1. The maximum absolute atomic E-state index is 11.7. The van der Waals surface area contributed by atoms with E-state index in [0.717, 1.165) is 12.8 Å². The van der Waals surface area contributed by atoms with Gasteiger partial charge in [0.15, 0.2) is 0 Å². The van der Waals surface area contributed by atoms with Crippen LogP contribution < -0.4 is 10.6 Å². The highest BCUT2D eigenvalue weighted by molar-refractivity contribution is 5.86. The molecular weight excluding hydrogens is 220 g/mol. The highest BCUT2D eigenvalue weighted by Gasteiger charge is 2.36. The molecule has 0 radical (unpaired) electrons. The lowest BCUT2D eigenvalue weighted by Gasteiger charge is -2.29. The van der Waals surface area contributed by atoms with Crippen molar-refractivity contribution < 1.29 is 14.7 Å². The van der Waals surface area contributed by atoms with Gasteiger partial charge >= 0.3 is 12.0 Å². The lowest BCUT2D eigenvalue weighted by atomic mass is 9.93. The van der Waals surface area contributed by atoms with Crippen LogP contribution in [0.2, 0.25) is 0 Å². The van der Waals surface area contributed by atoms with E-state index < -0.39 is 17.5 Å². The Labute approximate surface area is 103 Å². The average molecular weight is 244 g/mol. The van der Waals surface area contributed by atoms with Crippen LogP contribution in [0.4, 0.5) is 4.79 Å². The van der Waals surface area contributed by atoms with Crippen LogP contribution in [-0.2, 0) is 4.79 Å². The molecule has 100 valence electrons. The second-order valence-electron chi connectivity index (χ2n) is 4.21. The molecule has 0 atom stereocenters. The van der Waals surface area contributed by atoms with Gasteiger partial charge in [-0.2, -0.15) is 0 Å². The van der Waals surface area contributed by atoms with Crippen LogP contribution >= 0.6 is 0 Å². The molecule has 17 heavy (non-hydrogen) atoms. The number of carbonyl (C=O) groups is 2. The summed E-state index contributed by atoms with van der Waals surface area (Å²) in [7, 11) is 0. The molecule has 0 aromatic rings. The monoisotopic (exact) mass is 244 g/mol. The molecule has 0 bridgehead atoms. The third-order valence-corrected chi connectivity index (χ3v) is 3.29. The molecular formula is C12H24N2O3. The average Bonchev–Trinajstić information content (AvgIpc) is 2.32. The van der Waals surface area contributed by atoms with E-state index in [-0.39, 0.29) is 6.04 Å². The molecule has 0 unspecified atom stereocenters. The molecule has 0 heterocycles. The van der Waals surface area contributed by atoms with E-state index in [1.54, 1.807) is 13.8 Å². The van der Waals surface area contributed by atoms with Crippen LogP contribution in [0.1, 0.15) is 53.4 Å². The molecule has 0 rings (SSSR count). The van der Waals surface area contributed by atoms with Gasteiger partial charge in [-0.05, 0) is 25.7 Å². The molecule has 0 aromatic heterocycles. The van der Waals surface area contributed by atoms with Crippen molar-refractivity contribution in [3.63, 3.8) is 0 Å². The number of nitrogens with one attached hydrogen (secondary N) is 2. The summed E-state index contributed by atoms with van der Waals surface area (Å²) >= 11 is 0. The first-order chi connectivity index (χ1) is 7.95. The zero-order chi connectivity index (χ0) is 13.5. The lowest BCUT2D eigenvalue weighted by Crippen LogP contribution is -2.57. The van der Waals surface area contributed by atoms with E-state index in [1.807, 2.05) is 13.8 Å². The molecule has 5 heteroatoms. The summed E-state index contributed by atoms with van der Waals surface area (Å²) in [6, 6.07) is -0.306. The summed E-state index contributed by atoms with van der Waals surface area (Å²) in [4.78, 5) is 22.9. The van der Waals surface area contributed by atoms with Gasteiger partial charge in [0.1, 0.15) is 5.54 Å². The molecule has 0 aliphatic rings. The van der Waals surface area contributed by atoms with Gasteiger partial charge in [-0.15, -0.1) is 0 Å². The maximum atomic E-state index is 11.7. The van der Waals surface area contributed by atoms with E-state index >= 15 is 0 Å². The second kappa shape index (κ2) is 7.14. The molecule has 5 nitrogen and oxygen atoms in total. The van der Waals surface area contributed by atoms with Gasteiger partial charge in [0, 0.05) is 6.04 Å². The van der Waals surface area contributed by atoms with Crippen molar-refractivity contribution in [2.24, 2.45) is 0 Å². The molecule has 0 aromatic carbocycles. The zero-order valence-corrected chi connectivity index (χ0v) is 11.2. The van der Waals surface area contributed by atoms with Crippen molar-refractivity contribution >= 4 is 12.0 Å². The first-order valence-electron chi connectivity index (χ1n) is 6.27. The predicted octanol–water partition coefficient (Wildman–Crippen LogP) is 2.12. The summed E-state index contributed by atoms with van der Waals surface area (Å²) in [6.07, 6.45) is 2.41. The number of amides is 2. The largest absolute Gasteiger partial charge is 0.480 e. The van der Waals surface area contributed by atoms with E-state index in [4.69, 9.17) is 0 Å². The van der Waals surface area contributed by atoms with Crippen molar-refractivity contribution in [3.05, 3.63) is 0 Å². The fourth-order valence-electron chi connectivity index (χ4n) is 1.71. The normalized spacial score (nSPS) is 11.4. The van der Waals surface area contributed by atoms with Gasteiger partial charge in [-0.3, -0.25) is 0 Å². The Hall–Kier alpha value is -1.26. The van der Waals surface area contributed by atoms with Crippen molar-refractivity contribution in [1.82, 2.24) is 10.6 Å². The zero-order valence-electron chi connectivity index (χ0n) is 11.2. The number of carboxylic acid groups (broad SMARTS) is 1. The van der Waals surface area contributed by atoms with Gasteiger partial charge in [-0.25, -0.2) is 9.59 Å². The topological polar surface area (TPSA) is 78.4 Å². The molecule has 0 saturated heterocycles. The summed E-state index contributed by atoms with van der Waals surface area (Å²) in [6.45, 7) is 7.49. The van der Waals surface area contributed by atoms with Gasteiger partial charge < -0.3 is 15.7 Å². The number of urea groups is 1. The Morgan fingerprint density at radius 2 is 1.59 bits per heavy atom. The van der Waals surface area contributed by atoms with Crippen LogP contribution in [0.3, 0.4) is 0 Å². The van der Waals surface area contributed by atoms with Gasteiger partial charge in [0.2, 0.25) is 0 Å². The van der Waals surface area contributed by atoms with Crippen LogP contribution in [0, 0.1) is 0 Å². The molecule has 2 amide bonds. The standard InChI is InChI=1S/C12H24N2O3/c1-5-9(6-2)13-11(17)14-12(7-3,8-4)10(15)16/h9H,5-8H2,1-4H3,(H,15,16)(H2,13,14,17). The predicted molar refractivity (Wildman–Crippen MR) is 67.0 cm³/mol. The lowest BCUT2D eigenvalue weighted by molar-refractivity contribution is -0.144. The Bertz CT molecular complexity index is 258. The summed E-state index contributed by atoms with van der Waals surface area (Å²) < 4.78 is 0. The van der Waals surface area contributed by atoms with E-state index in [1.165, 1.54) is 0 Å². The van der Waals surface area contributed by atoms with Crippen LogP contribution in [0.15, 0.2) is 0 Å². The van der Waals surface area contributed by atoms with Crippen LogP contribution in [-0.4, -0.2) is 28.7 Å². The van der Waals surface area contributed by atoms with Gasteiger partial charge in [0.25, 0.3) is 0 Å². The molecule has 0 aliphatic carbocycles. The van der Waals surface area contributed by atoms with Crippen LogP contribution in [0.5, 0.6) is 0 Å². The number of hydrogen-bond acceptors (Lipinski definition) is 2. The SMILES string of the molecule is CCC(CC)NC(=O)NC(CC)(CC)C(=O)O. The van der Waals surface area contributed by atoms with Gasteiger partial charge in [-0.1, -0.05) is 27.7 Å². The van der Waals surface area contributed by atoms with Crippen molar-refractivity contribution in [2.75, 3.05) is 0 Å². The maximum Gasteiger partial charge on any atom is 0.329 e. The Balaban J connectivity index is 4.57. The minimum Gasteiger partial charge on any atom is -0.480 e. The third-order valence-electron chi connectivity index (χ3n) is 3.29. The van der Waals surface area contributed by atoms with Crippen LogP contribution in [0.25, 0.3) is 0 Å². The number of hydrogen-bond donors (Lipinski definition) is 3. The molecule has 0 saturated carbocycles.